The molecule has 3 rings (SSSR count). The summed E-state index contributed by atoms with van der Waals surface area (Å²) in [4.78, 5) is 10.6. The van der Waals surface area contributed by atoms with Crippen molar-refractivity contribution in [2.24, 2.45) is 5.92 Å². The fourth-order valence-electron chi connectivity index (χ4n) is 2.96. The van der Waals surface area contributed by atoms with Crippen molar-refractivity contribution in [1.29, 1.82) is 0 Å². The molecule has 21 heavy (non-hydrogen) atoms. The van der Waals surface area contributed by atoms with Crippen LogP contribution in [0.2, 0.25) is 0 Å². The van der Waals surface area contributed by atoms with Gasteiger partial charge in [-0.25, -0.2) is 0 Å². The zero-order valence-corrected chi connectivity index (χ0v) is 13.3. The Labute approximate surface area is 141 Å². The first-order valence-electron chi connectivity index (χ1n) is 7.50. The van der Waals surface area contributed by atoms with Gasteiger partial charge in [0.05, 0.1) is 0 Å². The summed E-state index contributed by atoms with van der Waals surface area (Å²) in [6.07, 6.45) is 25.6. The van der Waals surface area contributed by atoms with E-state index in [-0.39, 0.29) is 23.1 Å². The third kappa shape index (κ3) is 6.74. The summed E-state index contributed by atoms with van der Waals surface area (Å²) in [5.74, 6) is 1.89. The van der Waals surface area contributed by atoms with Crippen LogP contribution in [0, 0.1) is 69.6 Å². The van der Waals surface area contributed by atoms with Crippen molar-refractivity contribution < 1.29 is 21.9 Å². The molecule has 1 unspecified atom stereocenters. The standard InChI is InChI=1S/C13H18NO.C5H5.Fe/c15-10-14-13(12-8-4-5-9-12)11-6-2-1-3-7-11;1-2-4-5-3-1;/h4-5,8-11,13H,1-3,6-7H2,(H,14,15);1-5H;. The molecule has 3 saturated carbocycles. The van der Waals surface area contributed by atoms with Crippen LogP contribution in [0.1, 0.15) is 32.1 Å². The maximum atomic E-state index is 10.6. The normalized spacial score (nSPS) is 24.6. The topological polar surface area (TPSA) is 29.1 Å². The fourth-order valence-corrected chi connectivity index (χ4v) is 2.96. The number of carbonyl (C=O) groups is 1. The molecule has 0 aliphatic heterocycles. The minimum Gasteiger partial charge on any atom is -0.355 e. The molecule has 0 spiro atoms. The van der Waals surface area contributed by atoms with Gasteiger partial charge in [-0.3, -0.25) is 4.79 Å². The van der Waals surface area contributed by atoms with Gasteiger partial charge in [-0.1, -0.05) is 19.3 Å². The molecule has 3 heteroatoms. The van der Waals surface area contributed by atoms with E-state index in [0.29, 0.717) is 5.92 Å². The molecule has 0 aromatic heterocycles. The molecule has 114 valence electrons. The Hall–Kier alpha value is -0.0105. The molecule has 1 atom stereocenters. The molecule has 3 aliphatic carbocycles. The Morgan fingerprint density at radius 3 is 1.90 bits per heavy atom. The molecule has 0 bridgehead atoms. The summed E-state index contributed by atoms with van der Waals surface area (Å²) >= 11 is 0. The Morgan fingerprint density at radius 1 is 0.905 bits per heavy atom. The van der Waals surface area contributed by atoms with Gasteiger partial charge in [0.2, 0.25) is 6.41 Å². The van der Waals surface area contributed by atoms with Crippen molar-refractivity contribution in [2.75, 3.05) is 0 Å². The average Bonchev–Trinajstić information content (AvgIpc) is 3.21. The van der Waals surface area contributed by atoms with Crippen LogP contribution in [0.5, 0.6) is 0 Å². The van der Waals surface area contributed by atoms with Crippen LogP contribution in [0.4, 0.5) is 0 Å². The van der Waals surface area contributed by atoms with Crippen LogP contribution in [-0.4, -0.2) is 12.5 Å². The number of nitrogens with one attached hydrogen (secondary N) is 1. The van der Waals surface area contributed by atoms with Crippen LogP contribution < -0.4 is 5.32 Å². The van der Waals surface area contributed by atoms with E-state index in [9.17, 15) is 4.79 Å². The van der Waals surface area contributed by atoms with E-state index in [2.05, 4.69) is 18.2 Å². The molecule has 3 aliphatic rings. The predicted molar refractivity (Wildman–Crippen MR) is 81.5 cm³/mol. The van der Waals surface area contributed by atoms with Gasteiger partial charge in [0.25, 0.3) is 0 Å². The number of amides is 1. The van der Waals surface area contributed by atoms with Crippen molar-refractivity contribution in [3.8, 4) is 0 Å². The number of rotatable bonds is 4. The second kappa shape index (κ2) is 11.5. The summed E-state index contributed by atoms with van der Waals surface area (Å²) in [5, 5.41) is 2.97. The first-order valence-corrected chi connectivity index (χ1v) is 7.50. The van der Waals surface area contributed by atoms with E-state index < -0.39 is 0 Å². The summed E-state index contributed by atoms with van der Waals surface area (Å²) in [6, 6.07) is 0.234. The van der Waals surface area contributed by atoms with E-state index in [1.54, 1.807) is 0 Å². The van der Waals surface area contributed by atoms with Crippen LogP contribution >= 0.6 is 0 Å². The van der Waals surface area contributed by atoms with Gasteiger partial charge < -0.3 is 5.32 Å². The van der Waals surface area contributed by atoms with Crippen LogP contribution in [-0.2, 0) is 21.9 Å². The Kier molecular flexibility index (Phi) is 10.5. The monoisotopic (exact) mass is 325 g/mol. The first kappa shape index (κ1) is 19.0. The van der Waals surface area contributed by atoms with Crippen LogP contribution in [0.15, 0.2) is 0 Å². The van der Waals surface area contributed by atoms with Crippen LogP contribution in [0.25, 0.3) is 0 Å². The van der Waals surface area contributed by atoms with Crippen molar-refractivity contribution in [2.45, 2.75) is 38.1 Å². The number of hydrogen-bond donors (Lipinski definition) is 1. The van der Waals surface area contributed by atoms with Crippen molar-refractivity contribution in [3.05, 3.63) is 63.7 Å². The molecule has 0 heterocycles. The number of hydrogen-bond acceptors (Lipinski definition) is 1. The fraction of sp³-hybridized carbons (Fsp3) is 0.389. The molecule has 0 saturated heterocycles. The third-order valence-electron chi connectivity index (χ3n) is 3.97. The zero-order valence-electron chi connectivity index (χ0n) is 12.2. The maximum absolute atomic E-state index is 10.6. The van der Waals surface area contributed by atoms with Gasteiger partial charge in [0, 0.05) is 29.0 Å². The van der Waals surface area contributed by atoms with Crippen molar-refractivity contribution in [3.63, 3.8) is 0 Å². The third-order valence-corrected chi connectivity index (χ3v) is 3.97. The Bertz CT molecular complexity index is 248. The second-order valence-corrected chi connectivity index (χ2v) is 5.34. The zero-order chi connectivity index (χ0) is 14.0. The minimum absolute atomic E-state index is 0. The van der Waals surface area contributed by atoms with Gasteiger partial charge >= 0.3 is 0 Å². The minimum atomic E-state index is 0. The average molecular weight is 325 g/mol. The summed E-state index contributed by atoms with van der Waals surface area (Å²) in [7, 11) is 0. The van der Waals surface area contributed by atoms with E-state index in [0.717, 1.165) is 6.41 Å². The molecule has 0 aromatic rings. The van der Waals surface area contributed by atoms with Gasteiger partial charge in [0.1, 0.15) is 0 Å². The molecule has 0 aromatic carbocycles. The van der Waals surface area contributed by atoms with Crippen molar-refractivity contribution >= 4 is 6.41 Å². The largest absolute Gasteiger partial charge is 0.355 e. The SMILES string of the molecule is O=CNC([C]1[CH][CH][CH][CH]1)C1CCCCC1.[CH]1[CH][CH][CH][CH]1.[Fe]. The van der Waals surface area contributed by atoms with Crippen molar-refractivity contribution in [1.82, 2.24) is 5.32 Å². The predicted octanol–water partition coefficient (Wildman–Crippen LogP) is 3.11. The van der Waals surface area contributed by atoms with E-state index in [1.165, 1.54) is 38.0 Å². The summed E-state index contributed by atoms with van der Waals surface area (Å²) < 4.78 is 0. The Balaban J connectivity index is 0.000000313. The van der Waals surface area contributed by atoms with E-state index in [4.69, 9.17) is 0 Å². The molecule has 2 nitrogen and oxygen atoms in total. The smallest absolute Gasteiger partial charge is 0.207 e. The second-order valence-electron chi connectivity index (χ2n) is 5.34. The van der Waals surface area contributed by atoms with Gasteiger partial charge in [-0.05, 0) is 76.5 Å². The van der Waals surface area contributed by atoms with E-state index >= 15 is 0 Å². The molecular formula is C18H23FeNO. The molecule has 1 N–H and O–H groups in total. The molecular weight excluding hydrogens is 302 g/mol. The van der Waals surface area contributed by atoms with Gasteiger partial charge in [-0.2, -0.15) is 0 Å². The number of carbonyl (C=O) groups excluding carboxylic acids is 1. The van der Waals surface area contributed by atoms with Gasteiger partial charge in [0.15, 0.2) is 0 Å². The quantitative estimate of drug-likeness (QED) is 0.624. The maximum Gasteiger partial charge on any atom is 0.207 e. The van der Waals surface area contributed by atoms with Crippen LogP contribution in [0.3, 0.4) is 0 Å². The molecule has 3 fully saturated rings. The summed E-state index contributed by atoms with van der Waals surface area (Å²) in [6.45, 7) is 0. The first-order chi connectivity index (χ1) is 9.92. The summed E-state index contributed by atoms with van der Waals surface area (Å²) in [5.41, 5.74) is 0. The molecule has 10 radical (unpaired) electrons. The van der Waals surface area contributed by atoms with Gasteiger partial charge in [-0.15, -0.1) is 0 Å². The van der Waals surface area contributed by atoms with E-state index in [1.807, 2.05) is 44.9 Å². The molecule has 1 amide bonds. The Morgan fingerprint density at radius 2 is 1.43 bits per heavy atom.